The number of hydrogen-bond donors (Lipinski definition) is 0. The van der Waals surface area contributed by atoms with E-state index in [4.69, 9.17) is 0 Å². The highest BCUT2D eigenvalue weighted by Gasteiger charge is 2.13. The van der Waals surface area contributed by atoms with Crippen molar-refractivity contribution in [3.8, 4) is 0 Å². The molecule has 23 heavy (non-hydrogen) atoms. The summed E-state index contributed by atoms with van der Waals surface area (Å²) in [4.78, 5) is 3.94. The molecule has 0 spiro atoms. The van der Waals surface area contributed by atoms with Crippen molar-refractivity contribution in [3.63, 3.8) is 0 Å². The van der Waals surface area contributed by atoms with Crippen LogP contribution in [0.15, 0.2) is 63.2 Å². The minimum Gasteiger partial charge on any atom is -0.120 e. The Bertz CT molecular complexity index is 614. The van der Waals surface area contributed by atoms with Crippen LogP contribution in [0.3, 0.4) is 0 Å². The Morgan fingerprint density at radius 2 is 0.957 bits per heavy atom. The highest BCUT2D eigenvalue weighted by molar-refractivity contribution is 8.76. The molecule has 0 atom stereocenters. The van der Waals surface area contributed by atoms with E-state index in [-0.39, 0.29) is 10.2 Å². The molecule has 0 aliphatic rings. The second-order valence-corrected chi connectivity index (χ2v) is 11.8. The SMILES string of the molecule is CC(C)(C)Sc1ccc(SSc2ccc(C(C)(C)C)cc2)cc1. The Kier molecular flexibility index (Phi) is 6.21. The molecule has 0 heterocycles. The molecule has 0 aliphatic heterocycles. The Balaban J connectivity index is 1.93. The van der Waals surface area contributed by atoms with Crippen LogP contribution in [-0.2, 0) is 5.41 Å². The van der Waals surface area contributed by atoms with Crippen LogP contribution in [-0.4, -0.2) is 4.75 Å². The van der Waals surface area contributed by atoms with Gasteiger partial charge in [-0.1, -0.05) is 75.3 Å². The molecule has 2 rings (SSSR count). The summed E-state index contributed by atoms with van der Waals surface area (Å²) in [6, 6.07) is 17.8. The van der Waals surface area contributed by atoms with E-state index in [1.807, 2.05) is 33.3 Å². The third-order valence-electron chi connectivity index (χ3n) is 3.20. The van der Waals surface area contributed by atoms with Crippen LogP contribution in [0.2, 0.25) is 0 Å². The van der Waals surface area contributed by atoms with Crippen molar-refractivity contribution in [2.45, 2.75) is 66.4 Å². The summed E-state index contributed by atoms with van der Waals surface area (Å²) in [7, 11) is 3.64. The van der Waals surface area contributed by atoms with Crippen LogP contribution >= 0.6 is 33.3 Å². The Morgan fingerprint density at radius 1 is 0.565 bits per heavy atom. The first-order chi connectivity index (χ1) is 10.6. The monoisotopic (exact) mass is 362 g/mol. The quantitative estimate of drug-likeness (QED) is 0.404. The fraction of sp³-hybridized carbons (Fsp3) is 0.400. The predicted octanol–water partition coefficient (Wildman–Crippen LogP) is 7.67. The summed E-state index contributed by atoms with van der Waals surface area (Å²) in [5, 5.41) is 0. The minimum atomic E-state index is 0.219. The van der Waals surface area contributed by atoms with Crippen LogP contribution in [0.25, 0.3) is 0 Å². The molecule has 0 amide bonds. The maximum Gasteiger partial charge on any atom is 0.0187 e. The molecule has 0 radical (unpaired) electrons. The molecule has 0 fully saturated rings. The molecule has 0 unspecified atom stereocenters. The summed E-state index contributed by atoms with van der Waals surface area (Å²) >= 11 is 1.91. The standard InChI is InChI=1S/C20H26S3/c1-19(2,3)15-7-9-17(10-8-15)22-23-18-13-11-16(12-14-18)21-20(4,5)6/h7-14H,1-6H3. The van der Waals surface area contributed by atoms with E-state index in [1.165, 1.54) is 20.2 Å². The zero-order chi connectivity index (χ0) is 17.1. The third kappa shape index (κ3) is 6.48. The molecule has 2 aromatic carbocycles. The van der Waals surface area contributed by atoms with Crippen LogP contribution < -0.4 is 0 Å². The van der Waals surface area contributed by atoms with Gasteiger partial charge in [-0.3, -0.25) is 0 Å². The van der Waals surface area contributed by atoms with Crippen molar-refractivity contribution in [1.82, 2.24) is 0 Å². The molecule has 3 heteroatoms. The second-order valence-electron chi connectivity index (χ2n) is 7.63. The lowest BCUT2D eigenvalue weighted by molar-refractivity contribution is 0.590. The number of benzene rings is 2. The van der Waals surface area contributed by atoms with Gasteiger partial charge in [0, 0.05) is 19.4 Å². The van der Waals surface area contributed by atoms with Crippen molar-refractivity contribution in [3.05, 3.63) is 54.1 Å². The van der Waals surface area contributed by atoms with Gasteiger partial charge in [-0.2, -0.15) is 0 Å². The Hall–Kier alpha value is -0.510. The van der Waals surface area contributed by atoms with Crippen LogP contribution in [0.4, 0.5) is 0 Å². The molecule has 124 valence electrons. The normalized spacial score (nSPS) is 12.4. The second kappa shape index (κ2) is 7.58. The molecule has 0 aliphatic carbocycles. The van der Waals surface area contributed by atoms with Crippen molar-refractivity contribution >= 4 is 33.3 Å². The molecule has 0 saturated carbocycles. The van der Waals surface area contributed by atoms with Crippen molar-refractivity contribution < 1.29 is 0 Å². The van der Waals surface area contributed by atoms with Crippen LogP contribution in [0.1, 0.15) is 47.1 Å². The molecule has 0 N–H and O–H groups in total. The fourth-order valence-corrected chi connectivity index (χ4v) is 4.93. The van der Waals surface area contributed by atoms with Gasteiger partial charge in [0.05, 0.1) is 0 Å². The van der Waals surface area contributed by atoms with Crippen molar-refractivity contribution in [2.75, 3.05) is 0 Å². The topological polar surface area (TPSA) is 0 Å². The average molecular weight is 363 g/mol. The van der Waals surface area contributed by atoms with E-state index < -0.39 is 0 Å². The molecule has 0 aromatic heterocycles. The van der Waals surface area contributed by atoms with E-state index in [0.717, 1.165) is 0 Å². The largest absolute Gasteiger partial charge is 0.120 e. The van der Waals surface area contributed by atoms with Gasteiger partial charge in [0.1, 0.15) is 0 Å². The first kappa shape index (κ1) is 18.8. The zero-order valence-electron chi connectivity index (χ0n) is 14.8. The molecular formula is C20H26S3. The lowest BCUT2D eigenvalue weighted by atomic mass is 9.87. The fourth-order valence-electron chi connectivity index (χ4n) is 2.02. The lowest BCUT2D eigenvalue weighted by Crippen LogP contribution is -2.10. The van der Waals surface area contributed by atoms with E-state index in [0.29, 0.717) is 0 Å². The van der Waals surface area contributed by atoms with Crippen molar-refractivity contribution in [1.29, 1.82) is 0 Å². The van der Waals surface area contributed by atoms with Gasteiger partial charge in [0.25, 0.3) is 0 Å². The third-order valence-corrected chi connectivity index (χ3v) is 6.74. The van der Waals surface area contributed by atoms with Gasteiger partial charge in [-0.05, 0) is 47.4 Å². The molecular weight excluding hydrogens is 336 g/mol. The summed E-state index contributed by atoms with van der Waals surface area (Å²) < 4.78 is 0.262. The first-order valence-electron chi connectivity index (χ1n) is 7.88. The minimum absolute atomic E-state index is 0.219. The Labute approximate surface area is 153 Å². The number of rotatable bonds is 4. The van der Waals surface area contributed by atoms with E-state index >= 15 is 0 Å². The number of hydrogen-bond acceptors (Lipinski definition) is 3. The average Bonchev–Trinajstić information content (AvgIpc) is 2.44. The van der Waals surface area contributed by atoms with Gasteiger partial charge >= 0.3 is 0 Å². The predicted molar refractivity (Wildman–Crippen MR) is 109 cm³/mol. The summed E-state index contributed by atoms with van der Waals surface area (Å²) in [6.07, 6.45) is 0. The van der Waals surface area contributed by atoms with E-state index in [2.05, 4.69) is 90.1 Å². The number of thioether (sulfide) groups is 1. The molecule has 2 aromatic rings. The highest BCUT2D eigenvalue weighted by Crippen LogP contribution is 2.39. The summed E-state index contributed by atoms with van der Waals surface area (Å²) in [6.45, 7) is 13.5. The van der Waals surface area contributed by atoms with Crippen LogP contribution in [0, 0.1) is 0 Å². The molecule has 0 nitrogen and oxygen atoms in total. The summed E-state index contributed by atoms with van der Waals surface area (Å²) in [5.74, 6) is 0. The van der Waals surface area contributed by atoms with Gasteiger partial charge in [0.15, 0.2) is 0 Å². The van der Waals surface area contributed by atoms with Gasteiger partial charge in [-0.25, -0.2) is 0 Å². The van der Waals surface area contributed by atoms with E-state index in [9.17, 15) is 0 Å². The summed E-state index contributed by atoms with van der Waals surface area (Å²) in [5.41, 5.74) is 1.60. The highest BCUT2D eigenvalue weighted by atomic mass is 33.1. The zero-order valence-corrected chi connectivity index (χ0v) is 17.3. The smallest absolute Gasteiger partial charge is 0.0187 e. The van der Waals surface area contributed by atoms with Gasteiger partial charge in [0.2, 0.25) is 0 Å². The van der Waals surface area contributed by atoms with Crippen LogP contribution in [0.5, 0.6) is 0 Å². The van der Waals surface area contributed by atoms with Crippen molar-refractivity contribution in [2.24, 2.45) is 0 Å². The molecule has 0 saturated heterocycles. The maximum absolute atomic E-state index is 2.25. The lowest BCUT2D eigenvalue weighted by Gasteiger charge is -2.19. The van der Waals surface area contributed by atoms with E-state index in [1.54, 1.807) is 0 Å². The van der Waals surface area contributed by atoms with Gasteiger partial charge < -0.3 is 0 Å². The maximum atomic E-state index is 2.25. The first-order valence-corrected chi connectivity index (χ1v) is 10.8. The molecule has 0 bridgehead atoms. The Morgan fingerprint density at radius 3 is 1.35 bits per heavy atom. The van der Waals surface area contributed by atoms with Gasteiger partial charge in [-0.15, -0.1) is 11.8 Å².